The molecule has 0 aromatic heterocycles. The summed E-state index contributed by atoms with van der Waals surface area (Å²) < 4.78 is 4.69. The molecule has 1 rings (SSSR count). The first kappa shape index (κ1) is 11.1. The molecule has 0 unspecified atom stereocenters. The van der Waals surface area contributed by atoms with Gasteiger partial charge in [0.05, 0.1) is 7.11 Å². The predicted octanol–water partition coefficient (Wildman–Crippen LogP) is 0.738. The maximum atomic E-state index is 10.9. The molecule has 0 atom stereocenters. The molecule has 0 saturated heterocycles. The highest BCUT2D eigenvalue weighted by Gasteiger charge is 2.23. The van der Waals surface area contributed by atoms with E-state index in [0.29, 0.717) is 12.3 Å². The quantitative estimate of drug-likeness (QED) is 0.422. The fourth-order valence-electron chi connectivity index (χ4n) is 1.18. The van der Waals surface area contributed by atoms with Crippen LogP contribution in [0.1, 0.15) is 6.42 Å². The van der Waals surface area contributed by atoms with Crippen molar-refractivity contribution in [2.24, 2.45) is 5.16 Å². The van der Waals surface area contributed by atoms with E-state index in [2.05, 4.69) is 14.7 Å². The number of nitrogens with zero attached hydrogens (tertiary/aromatic N) is 2. The van der Waals surface area contributed by atoms with Crippen LogP contribution in [-0.4, -0.2) is 36.0 Å². The number of methoxy groups -OCH3 is 1. The SMILES string of the molecule is CO/C=C(/C(=O)O)N1C=CC/C1=N\OC. The number of carboxylic acid groups (broad SMARTS) is 1. The lowest BCUT2D eigenvalue weighted by atomic mass is 10.4. The van der Waals surface area contributed by atoms with Crippen molar-refractivity contribution in [3.8, 4) is 0 Å². The van der Waals surface area contributed by atoms with E-state index in [1.165, 1.54) is 19.1 Å². The molecule has 0 fully saturated rings. The first-order valence-electron chi connectivity index (χ1n) is 4.23. The summed E-state index contributed by atoms with van der Waals surface area (Å²) in [6.45, 7) is 0. The second kappa shape index (κ2) is 5.04. The Kier molecular flexibility index (Phi) is 3.73. The van der Waals surface area contributed by atoms with Gasteiger partial charge in [-0.15, -0.1) is 0 Å². The average molecular weight is 212 g/mol. The van der Waals surface area contributed by atoms with Gasteiger partial charge in [-0.2, -0.15) is 0 Å². The Bertz CT molecular complexity index is 333. The van der Waals surface area contributed by atoms with E-state index < -0.39 is 5.97 Å². The Morgan fingerprint density at radius 3 is 2.93 bits per heavy atom. The Hall–Kier alpha value is -1.98. The van der Waals surface area contributed by atoms with Crippen LogP contribution in [0, 0.1) is 0 Å². The van der Waals surface area contributed by atoms with Gasteiger partial charge in [-0.3, -0.25) is 4.90 Å². The number of carboxylic acids is 1. The zero-order chi connectivity index (χ0) is 11.3. The maximum Gasteiger partial charge on any atom is 0.356 e. The standard InChI is InChI=1S/C9H12N2O4/c1-14-6-7(9(12)13)11-5-3-4-8(11)10-15-2/h3,5-6H,4H2,1-2H3,(H,12,13)/b7-6-,10-8+. The van der Waals surface area contributed by atoms with Gasteiger partial charge in [0.1, 0.15) is 13.4 Å². The monoisotopic (exact) mass is 212 g/mol. The number of ether oxygens (including phenoxy) is 1. The number of aliphatic carboxylic acids is 1. The van der Waals surface area contributed by atoms with E-state index in [1.54, 1.807) is 12.3 Å². The van der Waals surface area contributed by atoms with Crippen molar-refractivity contribution < 1.29 is 19.5 Å². The second-order valence-electron chi connectivity index (χ2n) is 2.69. The van der Waals surface area contributed by atoms with Gasteiger partial charge < -0.3 is 14.7 Å². The third kappa shape index (κ3) is 2.49. The van der Waals surface area contributed by atoms with Crippen LogP contribution in [0.2, 0.25) is 0 Å². The van der Waals surface area contributed by atoms with E-state index >= 15 is 0 Å². The predicted molar refractivity (Wildman–Crippen MR) is 52.8 cm³/mol. The van der Waals surface area contributed by atoms with E-state index in [0.717, 1.165) is 6.26 Å². The topological polar surface area (TPSA) is 71.4 Å². The van der Waals surface area contributed by atoms with Crippen LogP contribution >= 0.6 is 0 Å². The van der Waals surface area contributed by atoms with Crippen molar-refractivity contribution in [3.63, 3.8) is 0 Å². The van der Waals surface area contributed by atoms with E-state index in [4.69, 9.17) is 5.11 Å². The van der Waals surface area contributed by atoms with E-state index in [1.807, 2.05) is 0 Å². The highest BCUT2D eigenvalue weighted by Crippen LogP contribution is 2.16. The highest BCUT2D eigenvalue weighted by molar-refractivity contribution is 5.96. The molecule has 6 nitrogen and oxygen atoms in total. The summed E-state index contributed by atoms with van der Waals surface area (Å²) in [5, 5.41) is 12.6. The Balaban J connectivity index is 2.93. The summed E-state index contributed by atoms with van der Waals surface area (Å²) in [5.41, 5.74) is -0.0120. The van der Waals surface area contributed by atoms with Crippen molar-refractivity contribution in [1.82, 2.24) is 4.90 Å². The molecule has 15 heavy (non-hydrogen) atoms. The molecule has 0 bridgehead atoms. The van der Waals surface area contributed by atoms with Crippen LogP contribution in [0.25, 0.3) is 0 Å². The molecule has 0 saturated carbocycles. The van der Waals surface area contributed by atoms with Gasteiger partial charge in [0.25, 0.3) is 0 Å². The molecule has 0 spiro atoms. The van der Waals surface area contributed by atoms with Crippen LogP contribution in [0.3, 0.4) is 0 Å². The Morgan fingerprint density at radius 1 is 1.67 bits per heavy atom. The molecule has 1 aliphatic rings. The summed E-state index contributed by atoms with van der Waals surface area (Å²) in [5.74, 6) is -0.588. The fourth-order valence-corrected chi connectivity index (χ4v) is 1.18. The molecule has 0 radical (unpaired) electrons. The van der Waals surface area contributed by atoms with Crippen LogP contribution in [0.5, 0.6) is 0 Å². The van der Waals surface area contributed by atoms with Gasteiger partial charge in [-0.1, -0.05) is 11.2 Å². The molecule has 6 heteroatoms. The van der Waals surface area contributed by atoms with Gasteiger partial charge in [0.15, 0.2) is 11.5 Å². The minimum Gasteiger partial charge on any atom is -0.502 e. The second-order valence-corrected chi connectivity index (χ2v) is 2.69. The molecular weight excluding hydrogens is 200 g/mol. The van der Waals surface area contributed by atoms with Crippen molar-refractivity contribution in [1.29, 1.82) is 0 Å². The number of carbonyl (C=O) groups is 1. The van der Waals surface area contributed by atoms with Gasteiger partial charge in [0.2, 0.25) is 0 Å². The van der Waals surface area contributed by atoms with Gasteiger partial charge in [-0.05, 0) is 0 Å². The van der Waals surface area contributed by atoms with Crippen molar-refractivity contribution >= 4 is 11.8 Å². The van der Waals surface area contributed by atoms with Crippen molar-refractivity contribution in [2.75, 3.05) is 14.2 Å². The molecule has 1 N–H and O–H groups in total. The lowest BCUT2D eigenvalue weighted by Crippen LogP contribution is -2.26. The van der Waals surface area contributed by atoms with E-state index in [-0.39, 0.29) is 5.70 Å². The molecule has 0 aliphatic carbocycles. The van der Waals surface area contributed by atoms with Crippen molar-refractivity contribution in [2.45, 2.75) is 6.42 Å². The third-order valence-corrected chi connectivity index (χ3v) is 1.74. The van der Waals surface area contributed by atoms with E-state index in [9.17, 15) is 4.79 Å². The zero-order valence-corrected chi connectivity index (χ0v) is 8.51. The molecule has 0 aromatic rings. The number of amidine groups is 1. The normalized spacial score (nSPS) is 18.4. The number of hydrogen-bond donors (Lipinski definition) is 1. The van der Waals surface area contributed by atoms with Crippen LogP contribution in [-0.2, 0) is 14.4 Å². The summed E-state index contributed by atoms with van der Waals surface area (Å²) in [4.78, 5) is 16.9. The minimum absolute atomic E-state index is 0.0120. The van der Waals surface area contributed by atoms with Gasteiger partial charge in [-0.25, -0.2) is 4.79 Å². The third-order valence-electron chi connectivity index (χ3n) is 1.74. The lowest BCUT2D eigenvalue weighted by molar-refractivity contribution is -0.133. The zero-order valence-electron chi connectivity index (χ0n) is 8.51. The number of hydrogen-bond acceptors (Lipinski definition) is 4. The summed E-state index contributed by atoms with van der Waals surface area (Å²) >= 11 is 0. The van der Waals surface area contributed by atoms with Gasteiger partial charge >= 0.3 is 5.97 Å². The molecule has 82 valence electrons. The minimum atomic E-state index is -1.09. The first-order chi connectivity index (χ1) is 7.20. The fraction of sp³-hybridized carbons (Fsp3) is 0.333. The number of rotatable bonds is 4. The van der Waals surface area contributed by atoms with Crippen LogP contribution in [0.15, 0.2) is 29.4 Å². The molecular formula is C9H12N2O4. The summed E-state index contributed by atoms with van der Waals surface area (Å²) in [6, 6.07) is 0. The molecule has 0 aromatic carbocycles. The van der Waals surface area contributed by atoms with Crippen LogP contribution < -0.4 is 0 Å². The number of oxime groups is 1. The van der Waals surface area contributed by atoms with Crippen molar-refractivity contribution in [3.05, 3.63) is 24.2 Å². The lowest BCUT2D eigenvalue weighted by Gasteiger charge is -2.16. The van der Waals surface area contributed by atoms with Gasteiger partial charge in [0, 0.05) is 12.6 Å². The molecule has 1 aliphatic heterocycles. The average Bonchev–Trinajstić information content (AvgIpc) is 2.62. The Labute approximate surface area is 87.1 Å². The smallest absolute Gasteiger partial charge is 0.356 e. The summed E-state index contributed by atoms with van der Waals surface area (Å²) in [7, 11) is 2.79. The largest absolute Gasteiger partial charge is 0.502 e. The van der Waals surface area contributed by atoms with Crippen LogP contribution in [0.4, 0.5) is 0 Å². The Morgan fingerprint density at radius 2 is 2.40 bits per heavy atom. The molecule has 1 heterocycles. The highest BCUT2D eigenvalue weighted by atomic mass is 16.6. The first-order valence-corrected chi connectivity index (χ1v) is 4.23. The maximum absolute atomic E-state index is 10.9. The summed E-state index contributed by atoms with van der Waals surface area (Å²) in [6.07, 6.45) is 5.06. The molecule has 0 amide bonds.